The van der Waals surface area contributed by atoms with Crippen molar-refractivity contribution in [2.75, 3.05) is 7.11 Å². The summed E-state index contributed by atoms with van der Waals surface area (Å²) in [6, 6.07) is 8.84. The Kier molecular flexibility index (Phi) is 3.23. The Morgan fingerprint density at radius 1 is 1.28 bits per heavy atom. The minimum atomic E-state index is -0.733. The number of hydrogen-bond acceptors (Lipinski definition) is 4. The quantitative estimate of drug-likeness (QED) is 0.748. The maximum atomic E-state index is 11.5. The predicted molar refractivity (Wildman–Crippen MR) is 65.9 cm³/mol. The number of nitrogens with zero attached hydrogens (tertiary/aromatic N) is 2. The Balaban J connectivity index is 2.58. The molecule has 92 valence electrons. The molecule has 0 N–H and O–H groups in total. The van der Waals surface area contributed by atoms with Crippen molar-refractivity contribution in [1.29, 1.82) is 0 Å². The van der Waals surface area contributed by atoms with E-state index >= 15 is 0 Å². The van der Waals surface area contributed by atoms with Gasteiger partial charge in [-0.1, -0.05) is 18.2 Å². The topological polar surface area (TPSA) is 61.2 Å². The zero-order valence-corrected chi connectivity index (χ0v) is 10.1. The molecule has 2 rings (SSSR count). The van der Waals surface area contributed by atoms with Gasteiger partial charge in [0.15, 0.2) is 0 Å². The van der Waals surface area contributed by atoms with Crippen LogP contribution in [0.4, 0.5) is 0 Å². The smallest absolute Gasteiger partial charge is 0.362 e. The first-order valence-electron chi connectivity index (χ1n) is 5.38. The first-order valence-corrected chi connectivity index (χ1v) is 5.38. The van der Waals surface area contributed by atoms with Gasteiger partial charge in [-0.15, -0.1) is 0 Å². The molecular formula is C13H12N2O3. The highest BCUT2D eigenvalue weighted by Crippen LogP contribution is 2.11. The van der Waals surface area contributed by atoms with E-state index in [-0.39, 0.29) is 5.69 Å². The predicted octanol–water partition coefficient (Wildman–Crippen LogP) is 1.33. The van der Waals surface area contributed by atoms with E-state index in [1.54, 1.807) is 0 Å². The first-order chi connectivity index (χ1) is 8.63. The zero-order chi connectivity index (χ0) is 13.1. The van der Waals surface area contributed by atoms with Gasteiger partial charge >= 0.3 is 5.97 Å². The summed E-state index contributed by atoms with van der Waals surface area (Å²) in [4.78, 5) is 22.9. The fourth-order valence-corrected chi connectivity index (χ4v) is 1.60. The molecule has 0 aliphatic heterocycles. The van der Waals surface area contributed by atoms with Crippen LogP contribution in [0.15, 0.2) is 41.3 Å². The van der Waals surface area contributed by atoms with Crippen molar-refractivity contribution < 1.29 is 9.53 Å². The van der Waals surface area contributed by atoms with Crippen LogP contribution in [0.5, 0.6) is 0 Å². The van der Waals surface area contributed by atoms with Crippen molar-refractivity contribution in [1.82, 2.24) is 9.78 Å². The molecule has 5 heteroatoms. The second-order valence-electron chi connectivity index (χ2n) is 3.75. The molecule has 5 nitrogen and oxygen atoms in total. The van der Waals surface area contributed by atoms with E-state index in [1.165, 1.54) is 24.1 Å². The molecule has 18 heavy (non-hydrogen) atoms. The van der Waals surface area contributed by atoms with Crippen molar-refractivity contribution in [3.8, 4) is 5.69 Å². The summed E-state index contributed by atoms with van der Waals surface area (Å²) >= 11 is 0. The molecule has 0 radical (unpaired) electrons. The Labute approximate surface area is 104 Å². The summed E-state index contributed by atoms with van der Waals surface area (Å²) in [6.07, 6.45) is 1.52. The molecular weight excluding hydrogens is 232 g/mol. The van der Waals surface area contributed by atoms with Crippen molar-refractivity contribution >= 4 is 5.97 Å². The van der Waals surface area contributed by atoms with Crippen molar-refractivity contribution in [3.63, 3.8) is 0 Å². The van der Waals surface area contributed by atoms with Crippen LogP contribution in [0.3, 0.4) is 0 Å². The lowest BCUT2D eigenvalue weighted by molar-refractivity contribution is 0.0590. The van der Waals surface area contributed by atoms with Gasteiger partial charge in [-0.25, -0.2) is 9.48 Å². The third-order valence-corrected chi connectivity index (χ3v) is 2.55. The second-order valence-corrected chi connectivity index (χ2v) is 3.75. The molecule has 0 aliphatic rings. The van der Waals surface area contributed by atoms with Crippen LogP contribution in [0.25, 0.3) is 5.69 Å². The summed E-state index contributed by atoms with van der Waals surface area (Å²) in [6.45, 7) is 1.92. The highest BCUT2D eigenvalue weighted by Gasteiger charge is 2.13. The van der Waals surface area contributed by atoms with E-state index in [4.69, 9.17) is 0 Å². The Hall–Kier alpha value is -2.43. The van der Waals surface area contributed by atoms with E-state index < -0.39 is 11.4 Å². The van der Waals surface area contributed by atoms with Gasteiger partial charge in [0.2, 0.25) is 11.1 Å². The number of ether oxygens (including phenoxy) is 1. The first kappa shape index (κ1) is 12.0. The molecule has 0 bridgehead atoms. The molecule has 0 amide bonds. The van der Waals surface area contributed by atoms with E-state index in [9.17, 15) is 9.59 Å². The van der Waals surface area contributed by atoms with Crippen LogP contribution in [0, 0.1) is 6.92 Å². The number of aromatic nitrogens is 2. The number of para-hydroxylation sites is 1. The molecule has 0 aliphatic carbocycles. The summed E-state index contributed by atoms with van der Waals surface area (Å²) in [5.74, 6) is -0.733. The number of aryl methyl sites for hydroxylation is 1. The van der Waals surface area contributed by atoms with Crippen LogP contribution in [-0.2, 0) is 4.74 Å². The lowest BCUT2D eigenvalue weighted by atomic mass is 10.2. The number of carbonyl (C=O) groups excluding carboxylic acids is 1. The lowest BCUT2D eigenvalue weighted by Crippen LogP contribution is -2.21. The monoisotopic (exact) mass is 244 g/mol. The van der Waals surface area contributed by atoms with Crippen molar-refractivity contribution in [3.05, 3.63) is 58.0 Å². The van der Waals surface area contributed by atoms with Gasteiger partial charge < -0.3 is 4.74 Å². The SMILES string of the molecule is COC(=O)c1nn(-c2ccccc2C)ccc1=O. The second kappa shape index (κ2) is 4.83. The summed E-state index contributed by atoms with van der Waals surface area (Å²) in [7, 11) is 1.22. The number of rotatable bonds is 2. The molecule has 0 unspecified atom stereocenters. The molecule has 0 fully saturated rings. The largest absolute Gasteiger partial charge is 0.464 e. The Bertz CT molecular complexity index is 647. The zero-order valence-electron chi connectivity index (χ0n) is 10.1. The fraction of sp³-hybridized carbons (Fsp3) is 0.154. The van der Waals surface area contributed by atoms with Crippen molar-refractivity contribution in [2.45, 2.75) is 6.92 Å². The summed E-state index contributed by atoms with van der Waals surface area (Å²) in [5, 5.41) is 4.00. The molecule has 0 saturated carbocycles. The number of esters is 1. The Morgan fingerprint density at radius 2 is 2.00 bits per heavy atom. The van der Waals surface area contributed by atoms with Crippen molar-refractivity contribution in [2.24, 2.45) is 0 Å². The van der Waals surface area contributed by atoms with Gasteiger partial charge in [0.1, 0.15) is 0 Å². The molecule has 0 atom stereocenters. The average molecular weight is 244 g/mol. The number of methoxy groups -OCH3 is 1. The minimum absolute atomic E-state index is 0.219. The highest BCUT2D eigenvalue weighted by molar-refractivity contribution is 5.86. The summed E-state index contributed by atoms with van der Waals surface area (Å²) < 4.78 is 6.01. The maximum absolute atomic E-state index is 11.5. The standard InChI is InChI=1S/C13H12N2O3/c1-9-5-3-4-6-10(9)15-8-7-11(16)12(14-15)13(17)18-2/h3-8H,1-2H3. The van der Waals surface area contributed by atoms with Crippen LogP contribution < -0.4 is 5.43 Å². The molecule has 1 aromatic carbocycles. The van der Waals surface area contributed by atoms with Gasteiger partial charge in [0.25, 0.3) is 0 Å². The highest BCUT2D eigenvalue weighted by atomic mass is 16.5. The molecule has 1 heterocycles. The van der Waals surface area contributed by atoms with Gasteiger partial charge in [0.05, 0.1) is 12.8 Å². The van der Waals surface area contributed by atoms with Crippen LogP contribution >= 0.6 is 0 Å². The average Bonchev–Trinajstić information content (AvgIpc) is 2.39. The van der Waals surface area contributed by atoms with Gasteiger partial charge in [0, 0.05) is 12.3 Å². The van der Waals surface area contributed by atoms with Gasteiger partial charge in [-0.2, -0.15) is 5.10 Å². The molecule has 0 saturated heterocycles. The third kappa shape index (κ3) is 2.15. The fourth-order valence-electron chi connectivity index (χ4n) is 1.60. The molecule has 2 aromatic rings. The minimum Gasteiger partial charge on any atom is -0.464 e. The van der Waals surface area contributed by atoms with Crippen LogP contribution in [0.2, 0.25) is 0 Å². The maximum Gasteiger partial charge on any atom is 0.362 e. The Morgan fingerprint density at radius 3 is 2.67 bits per heavy atom. The number of hydrogen-bond donors (Lipinski definition) is 0. The number of benzene rings is 1. The van der Waals surface area contributed by atoms with Crippen LogP contribution in [-0.4, -0.2) is 22.9 Å². The lowest BCUT2D eigenvalue weighted by Gasteiger charge is -2.08. The third-order valence-electron chi connectivity index (χ3n) is 2.55. The van der Waals surface area contributed by atoms with E-state index in [0.717, 1.165) is 11.3 Å². The van der Waals surface area contributed by atoms with E-state index in [0.29, 0.717) is 0 Å². The number of carbonyl (C=O) groups is 1. The van der Waals surface area contributed by atoms with Crippen LogP contribution in [0.1, 0.15) is 16.1 Å². The molecule has 1 aromatic heterocycles. The van der Waals surface area contributed by atoms with E-state index in [2.05, 4.69) is 9.84 Å². The van der Waals surface area contributed by atoms with E-state index in [1.807, 2.05) is 31.2 Å². The van der Waals surface area contributed by atoms with Gasteiger partial charge in [-0.3, -0.25) is 4.79 Å². The van der Waals surface area contributed by atoms with Gasteiger partial charge in [-0.05, 0) is 18.6 Å². The normalized spacial score (nSPS) is 10.1. The summed E-state index contributed by atoms with van der Waals surface area (Å²) in [5.41, 5.74) is 1.13. The molecule has 0 spiro atoms.